The highest BCUT2D eigenvalue weighted by atomic mass is 32.1. The minimum Gasteiger partial charge on any atom is -0.494 e. The number of rotatable bonds is 6. The maximum absolute atomic E-state index is 11.5. The molecule has 0 bridgehead atoms. The SMILES string of the molecule is CCOc1ccc2nc(NCCC(=O)N(C)C)sc2c1. The quantitative estimate of drug-likeness (QED) is 0.889. The van der Waals surface area contributed by atoms with Crippen LogP contribution in [0.4, 0.5) is 5.13 Å². The summed E-state index contributed by atoms with van der Waals surface area (Å²) in [5.41, 5.74) is 0.944. The van der Waals surface area contributed by atoms with E-state index >= 15 is 0 Å². The molecule has 0 aliphatic rings. The Kier molecular flexibility index (Phi) is 4.79. The largest absolute Gasteiger partial charge is 0.494 e. The first-order chi connectivity index (χ1) is 9.60. The average Bonchev–Trinajstić information content (AvgIpc) is 2.80. The van der Waals surface area contributed by atoms with E-state index in [1.54, 1.807) is 30.3 Å². The van der Waals surface area contributed by atoms with Crippen molar-refractivity contribution in [3.05, 3.63) is 18.2 Å². The summed E-state index contributed by atoms with van der Waals surface area (Å²) in [6.07, 6.45) is 0.465. The predicted molar refractivity (Wildman–Crippen MR) is 82.6 cm³/mol. The van der Waals surface area contributed by atoms with E-state index in [0.717, 1.165) is 21.1 Å². The second-order valence-electron chi connectivity index (χ2n) is 4.55. The molecule has 0 aliphatic heterocycles. The number of anilines is 1. The van der Waals surface area contributed by atoms with Gasteiger partial charge in [0.1, 0.15) is 5.75 Å². The lowest BCUT2D eigenvalue weighted by atomic mass is 10.3. The number of hydrogen-bond acceptors (Lipinski definition) is 5. The molecule has 2 rings (SSSR count). The molecule has 0 fully saturated rings. The molecule has 1 N–H and O–H groups in total. The van der Waals surface area contributed by atoms with Crippen LogP contribution in [0.3, 0.4) is 0 Å². The van der Waals surface area contributed by atoms with Crippen LogP contribution in [0.25, 0.3) is 10.2 Å². The van der Waals surface area contributed by atoms with Crippen LogP contribution >= 0.6 is 11.3 Å². The monoisotopic (exact) mass is 293 g/mol. The van der Waals surface area contributed by atoms with Crippen LogP contribution in [0.5, 0.6) is 5.75 Å². The van der Waals surface area contributed by atoms with Gasteiger partial charge in [-0.3, -0.25) is 4.79 Å². The van der Waals surface area contributed by atoms with E-state index in [-0.39, 0.29) is 5.91 Å². The third-order valence-corrected chi connectivity index (χ3v) is 3.76. The first-order valence-corrected chi connectivity index (χ1v) is 7.39. The van der Waals surface area contributed by atoms with Gasteiger partial charge in [0.05, 0.1) is 16.8 Å². The van der Waals surface area contributed by atoms with E-state index in [2.05, 4.69) is 10.3 Å². The van der Waals surface area contributed by atoms with Crippen molar-refractivity contribution in [2.75, 3.05) is 32.6 Å². The summed E-state index contributed by atoms with van der Waals surface area (Å²) in [7, 11) is 3.52. The zero-order chi connectivity index (χ0) is 14.5. The molecule has 1 heterocycles. The van der Waals surface area contributed by atoms with E-state index < -0.39 is 0 Å². The van der Waals surface area contributed by atoms with Gasteiger partial charge in [-0.2, -0.15) is 0 Å². The zero-order valence-electron chi connectivity index (χ0n) is 12.0. The van der Waals surface area contributed by atoms with Gasteiger partial charge in [-0.15, -0.1) is 0 Å². The number of amides is 1. The number of nitrogens with zero attached hydrogens (tertiary/aromatic N) is 2. The summed E-state index contributed by atoms with van der Waals surface area (Å²) >= 11 is 1.57. The molecular weight excluding hydrogens is 274 g/mol. The first-order valence-electron chi connectivity index (χ1n) is 6.57. The van der Waals surface area contributed by atoms with Gasteiger partial charge in [0, 0.05) is 27.1 Å². The standard InChI is InChI=1S/C14H19N3O2S/c1-4-19-10-5-6-11-12(9-10)20-14(16-11)15-8-7-13(18)17(2)3/h5-6,9H,4,7-8H2,1-3H3,(H,15,16). The van der Waals surface area contributed by atoms with Crippen LogP contribution in [0.15, 0.2) is 18.2 Å². The van der Waals surface area contributed by atoms with Crippen molar-refractivity contribution in [2.45, 2.75) is 13.3 Å². The molecule has 1 amide bonds. The predicted octanol–water partition coefficient (Wildman–Crippen LogP) is 2.59. The molecule has 0 atom stereocenters. The molecule has 0 spiro atoms. The smallest absolute Gasteiger partial charge is 0.223 e. The fourth-order valence-corrected chi connectivity index (χ4v) is 2.66. The summed E-state index contributed by atoms with van der Waals surface area (Å²) in [5, 5.41) is 4.02. The van der Waals surface area contributed by atoms with Gasteiger partial charge in [0.25, 0.3) is 0 Å². The van der Waals surface area contributed by atoms with Crippen molar-refractivity contribution in [3.8, 4) is 5.75 Å². The van der Waals surface area contributed by atoms with Crippen LogP contribution in [0, 0.1) is 0 Å². The number of fused-ring (bicyclic) bond motifs is 1. The van der Waals surface area contributed by atoms with Gasteiger partial charge in [0.15, 0.2) is 5.13 Å². The summed E-state index contributed by atoms with van der Waals surface area (Å²) in [6, 6.07) is 5.87. The number of carbonyl (C=O) groups excluding carboxylic acids is 1. The van der Waals surface area contributed by atoms with Crippen LogP contribution in [0.2, 0.25) is 0 Å². The molecule has 0 saturated heterocycles. The van der Waals surface area contributed by atoms with Crippen molar-refractivity contribution in [2.24, 2.45) is 0 Å². The highest BCUT2D eigenvalue weighted by Crippen LogP contribution is 2.29. The molecule has 108 valence electrons. The Morgan fingerprint density at radius 1 is 1.45 bits per heavy atom. The van der Waals surface area contributed by atoms with Gasteiger partial charge < -0.3 is 15.0 Å². The van der Waals surface area contributed by atoms with E-state index in [1.165, 1.54) is 0 Å². The maximum atomic E-state index is 11.5. The number of carbonyl (C=O) groups is 1. The van der Waals surface area contributed by atoms with E-state index in [4.69, 9.17) is 4.74 Å². The number of aromatic nitrogens is 1. The van der Waals surface area contributed by atoms with Gasteiger partial charge in [-0.25, -0.2) is 4.98 Å². The highest BCUT2D eigenvalue weighted by molar-refractivity contribution is 7.22. The number of hydrogen-bond donors (Lipinski definition) is 1. The Bertz CT molecular complexity index is 595. The molecule has 1 aromatic heterocycles. The Balaban J connectivity index is 1.99. The minimum atomic E-state index is 0.109. The minimum absolute atomic E-state index is 0.109. The Morgan fingerprint density at radius 3 is 2.95 bits per heavy atom. The second-order valence-corrected chi connectivity index (χ2v) is 5.58. The Morgan fingerprint density at radius 2 is 2.25 bits per heavy atom. The van der Waals surface area contributed by atoms with Gasteiger partial charge >= 0.3 is 0 Å². The topological polar surface area (TPSA) is 54.5 Å². The van der Waals surface area contributed by atoms with E-state index in [0.29, 0.717) is 19.6 Å². The number of benzene rings is 1. The van der Waals surface area contributed by atoms with Crippen molar-refractivity contribution >= 4 is 32.6 Å². The lowest BCUT2D eigenvalue weighted by Crippen LogP contribution is -2.23. The third kappa shape index (κ3) is 3.60. The van der Waals surface area contributed by atoms with Gasteiger partial charge in [0.2, 0.25) is 5.91 Å². The lowest BCUT2D eigenvalue weighted by molar-refractivity contribution is -0.128. The van der Waals surface area contributed by atoms with Crippen LogP contribution in [0.1, 0.15) is 13.3 Å². The Labute approximate surface area is 122 Å². The molecule has 0 saturated carbocycles. The molecule has 20 heavy (non-hydrogen) atoms. The summed E-state index contributed by atoms with van der Waals surface area (Å²) in [5.74, 6) is 0.968. The zero-order valence-corrected chi connectivity index (χ0v) is 12.8. The van der Waals surface area contributed by atoms with Crippen LogP contribution < -0.4 is 10.1 Å². The van der Waals surface area contributed by atoms with Crippen LogP contribution in [-0.4, -0.2) is 43.0 Å². The molecule has 2 aromatic rings. The number of thiazole rings is 1. The Hall–Kier alpha value is -1.82. The summed E-state index contributed by atoms with van der Waals surface area (Å²) < 4.78 is 6.55. The number of nitrogens with one attached hydrogen (secondary N) is 1. The summed E-state index contributed by atoms with van der Waals surface area (Å²) in [4.78, 5) is 17.5. The van der Waals surface area contributed by atoms with E-state index in [9.17, 15) is 4.79 Å². The maximum Gasteiger partial charge on any atom is 0.223 e. The fraction of sp³-hybridized carbons (Fsp3) is 0.429. The molecule has 0 radical (unpaired) electrons. The molecule has 1 aromatic carbocycles. The normalized spacial score (nSPS) is 10.6. The van der Waals surface area contributed by atoms with Gasteiger partial charge in [-0.05, 0) is 25.1 Å². The lowest BCUT2D eigenvalue weighted by Gasteiger charge is -2.09. The van der Waals surface area contributed by atoms with Crippen molar-refractivity contribution in [1.82, 2.24) is 9.88 Å². The summed E-state index contributed by atoms with van der Waals surface area (Å²) in [6.45, 7) is 3.21. The van der Waals surface area contributed by atoms with E-state index in [1.807, 2.05) is 25.1 Å². The fourth-order valence-electron chi connectivity index (χ4n) is 1.74. The third-order valence-electron chi connectivity index (χ3n) is 2.78. The molecular formula is C14H19N3O2S. The highest BCUT2D eigenvalue weighted by Gasteiger charge is 2.07. The molecule has 5 nitrogen and oxygen atoms in total. The van der Waals surface area contributed by atoms with Crippen LogP contribution in [-0.2, 0) is 4.79 Å². The van der Waals surface area contributed by atoms with Crippen molar-refractivity contribution in [3.63, 3.8) is 0 Å². The average molecular weight is 293 g/mol. The van der Waals surface area contributed by atoms with Gasteiger partial charge in [-0.1, -0.05) is 11.3 Å². The van der Waals surface area contributed by atoms with Crippen molar-refractivity contribution < 1.29 is 9.53 Å². The molecule has 0 aliphatic carbocycles. The molecule has 0 unspecified atom stereocenters. The molecule has 6 heteroatoms. The number of ether oxygens (including phenoxy) is 1. The first kappa shape index (κ1) is 14.6. The van der Waals surface area contributed by atoms with Crippen molar-refractivity contribution in [1.29, 1.82) is 0 Å². The second kappa shape index (κ2) is 6.56.